The third-order valence-corrected chi connectivity index (χ3v) is 4.59. The van der Waals surface area contributed by atoms with Gasteiger partial charge in [0.2, 0.25) is 10.0 Å². The van der Waals surface area contributed by atoms with Crippen molar-refractivity contribution in [1.82, 2.24) is 9.55 Å². The number of alkyl halides is 2. The summed E-state index contributed by atoms with van der Waals surface area (Å²) in [6.45, 7) is -3.61. The number of rotatable bonds is 5. The lowest BCUT2D eigenvalue weighted by atomic mass is 10.2. The lowest BCUT2D eigenvalue weighted by Crippen LogP contribution is -2.15. The van der Waals surface area contributed by atoms with Gasteiger partial charge in [-0.2, -0.15) is 8.78 Å². The van der Waals surface area contributed by atoms with Gasteiger partial charge in [-0.1, -0.05) is 12.1 Å². The first kappa shape index (κ1) is 18.9. The number of hydrogen-bond acceptors (Lipinski definition) is 5. The Labute approximate surface area is 151 Å². The first-order valence-corrected chi connectivity index (χ1v) is 8.96. The zero-order chi connectivity index (χ0) is 19.8. The Kier molecular flexibility index (Phi) is 4.89. The number of carbonyl (C=O) groups excluding carboxylic acids is 1. The number of aromatic nitrogens is 2. The van der Waals surface area contributed by atoms with E-state index in [0.29, 0.717) is 10.6 Å². The van der Waals surface area contributed by atoms with Crippen LogP contribution in [0.15, 0.2) is 47.4 Å². The van der Waals surface area contributed by atoms with E-state index in [-0.39, 0.29) is 16.9 Å². The molecule has 0 aliphatic rings. The second-order valence-corrected chi connectivity index (χ2v) is 6.99. The summed E-state index contributed by atoms with van der Waals surface area (Å²) in [4.78, 5) is 15.6. The molecule has 1 aromatic heterocycles. The smallest absolute Gasteiger partial charge is 0.341 e. The van der Waals surface area contributed by atoms with Crippen molar-refractivity contribution in [3.05, 3.63) is 59.7 Å². The average Bonchev–Trinajstić information content (AvgIpc) is 2.97. The Balaban J connectivity index is 1.89. The molecule has 0 radical (unpaired) electrons. The molecule has 0 fully saturated rings. The van der Waals surface area contributed by atoms with Crippen LogP contribution >= 0.6 is 0 Å². The highest BCUT2D eigenvalue weighted by Gasteiger charge is 2.21. The number of primary sulfonamides is 1. The molecule has 3 aromatic rings. The van der Waals surface area contributed by atoms with Gasteiger partial charge in [-0.3, -0.25) is 4.57 Å². The van der Waals surface area contributed by atoms with E-state index in [9.17, 15) is 26.4 Å². The van der Waals surface area contributed by atoms with Gasteiger partial charge in [-0.15, -0.1) is 0 Å². The Hall–Kier alpha value is -2.92. The molecule has 1 heterocycles. The van der Waals surface area contributed by atoms with Gasteiger partial charge in [-0.25, -0.2) is 27.7 Å². The van der Waals surface area contributed by atoms with E-state index in [0.717, 1.165) is 12.1 Å². The number of carbonyl (C=O) groups is 1. The number of benzene rings is 2. The molecular weight excluding hydrogens is 387 g/mol. The fourth-order valence-corrected chi connectivity index (χ4v) is 3.00. The molecule has 0 aliphatic heterocycles. The van der Waals surface area contributed by atoms with Gasteiger partial charge in [0, 0.05) is 0 Å². The minimum Gasteiger partial charge on any atom is -0.454 e. The third-order valence-electron chi connectivity index (χ3n) is 3.68. The molecule has 0 saturated carbocycles. The number of para-hydroxylation sites is 2. The van der Waals surface area contributed by atoms with Crippen LogP contribution in [0.1, 0.15) is 22.7 Å². The van der Waals surface area contributed by atoms with Gasteiger partial charge in [0.05, 0.1) is 21.5 Å². The molecule has 27 heavy (non-hydrogen) atoms. The molecule has 142 valence electrons. The van der Waals surface area contributed by atoms with Crippen molar-refractivity contribution >= 4 is 27.0 Å². The molecule has 2 N–H and O–H groups in total. The predicted molar refractivity (Wildman–Crippen MR) is 87.9 cm³/mol. The second-order valence-electron chi connectivity index (χ2n) is 5.43. The van der Waals surface area contributed by atoms with Crippen LogP contribution in [-0.4, -0.2) is 23.9 Å². The van der Waals surface area contributed by atoms with E-state index < -0.39 is 45.4 Å². The SMILES string of the molecule is NS(=O)(=O)c1ccc(F)c(C(=O)OCc2nc3ccccc3n2C(F)F)c1. The molecule has 0 bridgehead atoms. The van der Waals surface area contributed by atoms with Gasteiger partial charge >= 0.3 is 12.5 Å². The van der Waals surface area contributed by atoms with Crippen LogP contribution in [0.5, 0.6) is 0 Å². The Bertz CT molecular complexity index is 1130. The van der Waals surface area contributed by atoms with Crippen LogP contribution in [0.2, 0.25) is 0 Å². The van der Waals surface area contributed by atoms with E-state index in [4.69, 9.17) is 9.88 Å². The molecule has 0 aliphatic carbocycles. The standard InChI is InChI=1S/C16H12F3N3O4S/c17-11-6-5-9(27(20,24)25)7-10(11)15(23)26-8-14-21-12-3-1-2-4-13(12)22(14)16(18)19/h1-7,16H,8H2,(H2,20,24,25). The molecule has 0 amide bonds. The summed E-state index contributed by atoms with van der Waals surface area (Å²) in [6.07, 6.45) is 0. The highest BCUT2D eigenvalue weighted by Crippen LogP contribution is 2.24. The van der Waals surface area contributed by atoms with Crippen molar-refractivity contribution in [1.29, 1.82) is 0 Å². The number of esters is 1. The Morgan fingerprint density at radius 1 is 1.22 bits per heavy atom. The number of fused-ring (bicyclic) bond motifs is 1. The van der Waals surface area contributed by atoms with E-state index in [1.54, 1.807) is 12.1 Å². The van der Waals surface area contributed by atoms with Gasteiger partial charge < -0.3 is 4.74 Å². The van der Waals surface area contributed by atoms with Crippen molar-refractivity contribution in [2.75, 3.05) is 0 Å². The van der Waals surface area contributed by atoms with Gasteiger partial charge in [-0.05, 0) is 30.3 Å². The lowest BCUT2D eigenvalue weighted by Gasteiger charge is -2.09. The quantitative estimate of drug-likeness (QED) is 0.664. The van der Waals surface area contributed by atoms with Crippen molar-refractivity contribution < 1.29 is 31.1 Å². The van der Waals surface area contributed by atoms with E-state index in [1.165, 1.54) is 12.1 Å². The fraction of sp³-hybridized carbons (Fsp3) is 0.125. The average molecular weight is 399 g/mol. The van der Waals surface area contributed by atoms with Crippen LogP contribution in [-0.2, 0) is 21.4 Å². The summed E-state index contributed by atoms with van der Waals surface area (Å²) < 4.78 is 68.6. The first-order chi connectivity index (χ1) is 12.7. The van der Waals surface area contributed by atoms with Crippen LogP contribution < -0.4 is 5.14 Å². The molecular formula is C16H12F3N3O4S. The molecule has 0 atom stereocenters. The number of hydrogen-bond donors (Lipinski definition) is 1. The minimum atomic E-state index is -4.17. The minimum absolute atomic E-state index is 0.140. The van der Waals surface area contributed by atoms with Gasteiger partial charge in [0.25, 0.3) is 0 Å². The zero-order valence-electron chi connectivity index (χ0n) is 13.5. The Morgan fingerprint density at radius 2 is 1.93 bits per heavy atom. The topological polar surface area (TPSA) is 104 Å². The summed E-state index contributed by atoms with van der Waals surface area (Å²) in [5.74, 6) is -2.54. The maximum absolute atomic E-state index is 13.8. The van der Waals surface area contributed by atoms with Crippen molar-refractivity contribution in [2.45, 2.75) is 18.1 Å². The summed E-state index contributed by atoms with van der Waals surface area (Å²) >= 11 is 0. The van der Waals surface area contributed by atoms with Crippen LogP contribution in [0.25, 0.3) is 11.0 Å². The molecule has 2 aromatic carbocycles. The first-order valence-electron chi connectivity index (χ1n) is 7.42. The highest BCUT2D eigenvalue weighted by molar-refractivity contribution is 7.89. The molecule has 0 unspecified atom stereocenters. The number of imidazole rings is 1. The number of nitrogens with zero attached hydrogens (tertiary/aromatic N) is 2. The van der Waals surface area contributed by atoms with Crippen molar-refractivity contribution in [2.24, 2.45) is 5.14 Å². The fourth-order valence-electron chi connectivity index (χ4n) is 2.46. The normalized spacial score (nSPS) is 11.9. The summed E-state index contributed by atoms with van der Waals surface area (Å²) in [5.41, 5.74) is -0.284. The van der Waals surface area contributed by atoms with Crippen molar-refractivity contribution in [3.8, 4) is 0 Å². The molecule has 11 heteroatoms. The second kappa shape index (κ2) is 7.00. The number of sulfonamides is 1. The van der Waals surface area contributed by atoms with E-state index in [2.05, 4.69) is 4.98 Å². The third kappa shape index (κ3) is 3.78. The highest BCUT2D eigenvalue weighted by atomic mass is 32.2. The summed E-state index contributed by atoms with van der Waals surface area (Å²) in [6, 6.07) is 8.43. The maximum Gasteiger partial charge on any atom is 0.341 e. The number of nitrogens with two attached hydrogens (primary N) is 1. The van der Waals surface area contributed by atoms with Crippen LogP contribution in [0.3, 0.4) is 0 Å². The predicted octanol–water partition coefficient (Wildman–Crippen LogP) is 2.57. The number of ether oxygens (including phenoxy) is 1. The monoisotopic (exact) mass is 399 g/mol. The van der Waals surface area contributed by atoms with E-state index >= 15 is 0 Å². The maximum atomic E-state index is 13.8. The molecule has 3 rings (SSSR count). The molecule has 7 nitrogen and oxygen atoms in total. The van der Waals surface area contributed by atoms with Crippen LogP contribution in [0, 0.1) is 5.82 Å². The molecule has 0 spiro atoms. The van der Waals surface area contributed by atoms with Crippen molar-refractivity contribution in [3.63, 3.8) is 0 Å². The van der Waals surface area contributed by atoms with E-state index in [1.807, 2.05) is 0 Å². The number of halogens is 3. The molecule has 0 saturated heterocycles. The largest absolute Gasteiger partial charge is 0.454 e. The summed E-state index contributed by atoms with van der Waals surface area (Å²) in [7, 11) is -4.17. The zero-order valence-corrected chi connectivity index (χ0v) is 14.3. The lowest BCUT2D eigenvalue weighted by molar-refractivity contribution is 0.0383. The summed E-state index contributed by atoms with van der Waals surface area (Å²) in [5, 5.41) is 4.94. The Morgan fingerprint density at radius 3 is 2.59 bits per heavy atom. The van der Waals surface area contributed by atoms with Crippen LogP contribution in [0.4, 0.5) is 13.2 Å². The van der Waals surface area contributed by atoms with Gasteiger partial charge in [0.15, 0.2) is 5.82 Å². The van der Waals surface area contributed by atoms with Gasteiger partial charge in [0.1, 0.15) is 12.4 Å².